The normalized spacial score (nSPS) is 24.1. The number of benzene rings is 2. The highest BCUT2D eigenvalue weighted by molar-refractivity contribution is 6.01. The predicted molar refractivity (Wildman–Crippen MR) is 113 cm³/mol. The van der Waals surface area contributed by atoms with Crippen LogP contribution >= 0.6 is 0 Å². The molecule has 0 amide bonds. The van der Waals surface area contributed by atoms with Crippen LogP contribution < -0.4 is 9.80 Å². The predicted octanol–water partition coefficient (Wildman–Crippen LogP) is 4.66. The van der Waals surface area contributed by atoms with Gasteiger partial charge in [-0.25, -0.2) is 0 Å². The molecule has 0 N–H and O–H groups in total. The molecule has 2 aromatic rings. The number of likely N-dealkylation sites (N-methyl/N-ethyl adjacent to an activating group) is 2. The molecule has 0 bridgehead atoms. The highest BCUT2D eigenvalue weighted by Gasteiger charge is 2.45. The summed E-state index contributed by atoms with van der Waals surface area (Å²) in [6.45, 7) is 8.58. The summed E-state index contributed by atoms with van der Waals surface area (Å²) in [4.78, 5) is 17.9. The highest BCUT2D eigenvalue weighted by Crippen LogP contribution is 2.48. The maximum Gasteiger partial charge on any atom is 0.169 e. The Labute approximate surface area is 162 Å². The second-order valence-electron chi connectivity index (χ2n) is 8.82. The molecule has 3 nitrogen and oxygen atoms in total. The van der Waals surface area contributed by atoms with Gasteiger partial charge in [-0.15, -0.1) is 0 Å². The van der Waals surface area contributed by atoms with E-state index >= 15 is 0 Å². The lowest BCUT2D eigenvalue weighted by Gasteiger charge is -2.42. The number of para-hydroxylation sites is 2. The maximum atomic E-state index is 13.5. The van der Waals surface area contributed by atoms with Crippen molar-refractivity contribution >= 4 is 17.2 Å². The van der Waals surface area contributed by atoms with Crippen LogP contribution in [0.1, 0.15) is 38.8 Å². The van der Waals surface area contributed by atoms with E-state index in [1.54, 1.807) is 0 Å². The molecule has 2 heterocycles. The lowest BCUT2D eigenvalue weighted by molar-refractivity contribution is -0.124. The molecule has 4 rings (SSSR count). The Kier molecular flexibility index (Phi) is 3.78. The van der Waals surface area contributed by atoms with E-state index in [1.165, 1.54) is 16.9 Å². The lowest BCUT2D eigenvalue weighted by Crippen LogP contribution is -2.51. The van der Waals surface area contributed by atoms with Gasteiger partial charge in [0, 0.05) is 36.6 Å². The van der Waals surface area contributed by atoms with E-state index in [9.17, 15) is 4.79 Å². The van der Waals surface area contributed by atoms with Crippen LogP contribution in [0.25, 0.3) is 0 Å². The van der Waals surface area contributed by atoms with Crippen molar-refractivity contribution in [1.29, 1.82) is 0 Å². The van der Waals surface area contributed by atoms with Crippen molar-refractivity contribution < 1.29 is 4.79 Å². The lowest BCUT2D eigenvalue weighted by atomic mass is 9.72. The molecule has 0 fully saturated rings. The fourth-order valence-electron chi connectivity index (χ4n) is 4.78. The molecule has 0 radical (unpaired) electrons. The zero-order valence-electron chi connectivity index (χ0n) is 17.1. The van der Waals surface area contributed by atoms with E-state index in [0.717, 1.165) is 11.3 Å². The number of rotatable bonds is 1. The van der Waals surface area contributed by atoms with Gasteiger partial charge in [-0.2, -0.15) is 0 Å². The van der Waals surface area contributed by atoms with Gasteiger partial charge in [0.05, 0.1) is 5.41 Å². The summed E-state index contributed by atoms with van der Waals surface area (Å²) < 4.78 is 0. The Hall–Kier alpha value is -2.55. The van der Waals surface area contributed by atoms with E-state index in [1.807, 2.05) is 33.0 Å². The van der Waals surface area contributed by atoms with Crippen LogP contribution in [0.5, 0.6) is 0 Å². The van der Waals surface area contributed by atoms with Crippen molar-refractivity contribution in [2.75, 3.05) is 23.9 Å². The molecule has 0 saturated heterocycles. The Morgan fingerprint density at radius 3 is 1.93 bits per heavy atom. The molecule has 2 aliphatic rings. The highest BCUT2D eigenvalue weighted by atomic mass is 16.1. The summed E-state index contributed by atoms with van der Waals surface area (Å²) in [7, 11) is 4.13. The third-order valence-corrected chi connectivity index (χ3v) is 6.52. The van der Waals surface area contributed by atoms with Crippen molar-refractivity contribution in [3.8, 4) is 0 Å². The van der Waals surface area contributed by atoms with Crippen LogP contribution in [-0.4, -0.2) is 25.9 Å². The standard InChI is InChI=1S/C24H28N2O/c1-23(2)16-11-7-10-14-19(16)26(6)21(23)15-20-22(27)24(3,4)17-12-8-9-13-18(17)25(20)5/h7-15,20H,1-6H3. The van der Waals surface area contributed by atoms with Crippen LogP contribution in [0.2, 0.25) is 0 Å². The van der Waals surface area contributed by atoms with Gasteiger partial charge in [0.2, 0.25) is 0 Å². The van der Waals surface area contributed by atoms with E-state index in [-0.39, 0.29) is 17.2 Å². The molecule has 0 aliphatic carbocycles. The van der Waals surface area contributed by atoms with Gasteiger partial charge < -0.3 is 9.80 Å². The molecule has 1 atom stereocenters. The Bertz CT molecular complexity index is 954. The number of Topliss-reactive ketones (excluding diaryl/α,β-unsaturated/α-hetero) is 1. The Morgan fingerprint density at radius 1 is 0.815 bits per heavy atom. The average molecular weight is 361 g/mol. The number of anilines is 2. The largest absolute Gasteiger partial charge is 0.361 e. The third-order valence-electron chi connectivity index (χ3n) is 6.52. The maximum absolute atomic E-state index is 13.5. The van der Waals surface area contributed by atoms with Gasteiger partial charge >= 0.3 is 0 Å². The molecule has 2 aromatic carbocycles. The minimum Gasteiger partial charge on any atom is -0.361 e. The summed E-state index contributed by atoms with van der Waals surface area (Å²) in [6.07, 6.45) is 2.18. The number of fused-ring (bicyclic) bond motifs is 2. The van der Waals surface area contributed by atoms with Crippen molar-refractivity contribution in [3.05, 3.63) is 71.4 Å². The second kappa shape index (κ2) is 5.72. The van der Waals surface area contributed by atoms with E-state index in [4.69, 9.17) is 0 Å². The third kappa shape index (κ3) is 2.37. The first-order valence-electron chi connectivity index (χ1n) is 9.59. The quantitative estimate of drug-likeness (QED) is 0.739. The monoisotopic (exact) mass is 360 g/mol. The average Bonchev–Trinajstić information content (AvgIpc) is 2.84. The number of ketones is 1. The second-order valence-corrected chi connectivity index (χ2v) is 8.82. The van der Waals surface area contributed by atoms with Gasteiger partial charge in [-0.3, -0.25) is 4.79 Å². The first-order valence-corrected chi connectivity index (χ1v) is 9.59. The smallest absolute Gasteiger partial charge is 0.169 e. The summed E-state index contributed by atoms with van der Waals surface area (Å²) in [6, 6.07) is 16.5. The summed E-state index contributed by atoms with van der Waals surface area (Å²) >= 11 is 0. The number of carbonyl (C=O) groups is 1. The SMILES string of the molecule is CN1C(=CC2C(=O)C(C)(C)c3ccccc3N2C)C(C)(C)c2ccccc21. The number of hydrogen-bond donors (Lipinski definition) is 0. The molecular formula is C24H28N2O. The van der Waals surface area contributed by atoms with Crippen molar-refractivity contribution in [1.82, 2.24) is 0 Å². The van der Waals surface area contributed by atoms with E-state index in [0.29, 0.717) is 0 Å². The van der Waals surface area contributed by atoms with Crippen molar-refractivity contribution in [2.45, 2.75) is 44.6 Å². The minimum atomic E-state index is -0.501. The molecule has 1 unspecified atom stereocenters. The van der Waals surface area contributed by atoms with Crippen LogP contribution in [0.4, 0.5) is 11.4 Å². The van der Waals surface area contributed by atoms with Crippen molar-refractivity contribution in [2.24, 2.45) is 0 Å². The number of nitrogens with zero attached hydrogens (tertiary/aromatic N) is 2. The van der Waals surface area contributed by atoms with Gasteiger partial charge in [-0.05, 0) is 43.2 Å². The van der Waals surface area contributed by atoms with Crippen LogP contribution in [0.15, 0.2) is 60.3 Å². The van der Waals surface area contributed by atoms with Crippen LogP contribution in [-0.2, 0) is 15.6 Å². The van der Waals surface area contributed by atoms with Gasteiger partial charge in [0.15, 0.2) is 5.78 Å². The Balaban J connectivity index is 1.84. The number of allylic oxidation sites excluding steroid dienone is 1. The molecule has 2 aliphatic heterocycles. The molecule has 140 valence electrons. The number of carbonyl (C=O) groups excluding carboxylic acids is 1. The van der Waals surface area contributed by atoms with E-state index < -0.39 is 5.41 Å². The first kappa shape index (κ1) is 17.8. The zero-order chi connectivity index (χ0) is 19.6. The molecular weight excluding hydrogens is 332 g/mol. The van der Waals surface area contributed by atoms with Gasteiger partial charge in [-0.1, -0.05) is 50.2 Å². The van der Waals surface area contributed by atoms with Crippen LogP contribution in [0, 0.1) is 0 Å². The van der Waals surface area contributed by atoms with Gasteiger partial charge in [0.25, 0.3) is 0 Å². The van der Waals surface area contributed by atoms with E-state index in [2.05, 4.69) is 73.2 Å². The topological polar surface area (TPSA) is 23.6 Å². The molecule has 0 aromatic heterocycles. The minimum absolute atomic E-state index is 0.131. The fraction of sp³-hybridized carbons (Fsp3) is 0.375. The molecule has 0 spiro atoms. The first-order chi connectivity index (χ1) is 12.7. The van der Waals surface area contributed by atoms with Gasteiger partial charge in [0.1, 0.15) is 6.04 Å². The summed E-state index contributed by atoms with van der Waals surface area (Å²) in [5.74, 6) is 0.247. The Morgan fingerprint density at radius 2 is 1.33 bits per heavy atom. The molecule has 0 saturated carbocycles. The molecule has 27 heavy (non-hydrogen) atoms. The summed E-state index contributed by atoms with van der Waals surface area (Å²) in [5, 5.41) is 0. The van der Waals surface area contributed by atoms with Crippen molar-refractivity contribution in [3.63, 3.8) is 0 Å². The van der Waals surface area contributed by atoms with Crippen LogP contribution in [0.3, 0.4) is 0 Å². The number of hydrogen-bond acceptors (Lipinski definition) is 3. The molecule has 3 heteroatoms. The fourth-order valence-corrected chi connectivity index (χ4v) is 4.78. The zero-order valence-corrected chi connectivity index (χ0v) is 17.1. The summed E-state index contributed by atoms with van der Waals surface area (Å²) in [5.41, 5.74) is 5.33.